The van der Waals surface area contributed by atoms with Gasteiger partial charge in [0.2, 0.25) is 17.6 Å². The summed E-state index contributed by atoms with van der Waals surface area (Å²) in [6, 6.07) is 2.18. The molecule has 2 unspecified atom stereocenters. The second-order valence-corrected chi connectivity index (χ2v) is 11.8. The number of oxime groups is 1. The summed E-state index contributed by atoms with van der Waals surface area (Å²) in [7, 11) is 0. The number of amides is 2. The Labute approximate surface area is 237 Å². The molecule has 4 N–H and O–H groups in total. The van der Waals surface area contributed by atoms with E-state index in [0.29, 0.717) is 12.3 Å². The Kier molecular flexibility index (Phi) is 8.39. The average molecular weight is 591 g/mol. The van der Waals surface area contributed by atoms with Crippen LogP contribution in [0.5, 0.6) is 0 Å². The maximum absolute atomic E-state index is 13.2. The Morgan fingerprint density at radius 2 is 2.02 bits per heavy atom. The molecule has 0 spiro atoms. The lowest BCUT2D eigenvalue weighted by Gasteiger charge is -2.47. The maximum Gasteiger partial charge on any atom is 0.350 e. The van der Waals surface area contributed by atoms with Gasteiger partial charge in [0.15, 0.2) is 24.1 Å². The van der Waals surface area contributed by atoms with Gasteiger partial charge in [0.1, 0.15) is 17.0 Å². The fourth-order valence-electron chi connectivity index (χ4n) is 3.67. The van der Waals surface area contributed by atoms with E-state index in [1.165, 1.54) is 35.7 Å². The van der Waals surface area contributed by atoms with Crippen molar-refractivity contribution in [2.24, 2.45) is 5.16 Å². The second kappa shape index (κ2) is 11.6. The molecule has 16 heteroatoms. The molecule has 40 heavy (non-hydrogen) atoms. The van der Waals surface area contributed by atoms with Crippen molar-refractivity contribution >= 4 is 57.9 Å². The molecule has 2 aliphatic rings. The van der Waals surface area contributed by atoms with Crippen LogP contribution < -0.4 is 15.6 Å². The number of anilines is 1. The number of aromatic carboxylic acids is 1. The normalized spacial score (nSPS) is 19.6. The molecule has 3 atom stereocenters. The maximum atomic E-state index is 13.2. The number of β-lactam (4-membered cyclic amide) rings is 1. The molecule has 2 aromatic rings. The molecule has 0 bridgehead atoms. The van der Waals surface area contributed by atoms with Crippen molar-refractivity contribution in [2.45, 2.75) is 57.4 Å². The molecule has 1 fully saturated rings. The third-order valence-corrected chi connectivity index (χ3v) is 7.48. The Balaban J connectivity index is 1.42. The minimum absolute atomic E-state index is 0.0950. The van der Waals surface area contributed by atoms with Crippen LogP contribution in [-0.2, 0) is 30.5 Å². The number of nitrogens with one attached hydrogen (secondary N) is 1. The predicted molar refractivity (Wildman–Crippen MR) is 144 cm³/mol. The topological polar surface area (TPSA) is 190 Å². The first-order chi connectivity index (χ1) is 18.8. The number of thioether (sulfide) groups is 1. The van der Waals surface area contributed by atoms with Crippen LogP contribution in [0.25, 0.3) is 0 Å². The van der Waals surface area contributed by atoms with Gasteiger partial charge in [-0.05, 0) is 27.7 Å². The minimum atomic E-state index is -1.13. The number of carboxylic acids is 1. The van der Waals surface area contributed by atoms with Gasteiger partial charge in [-0.3, -0.25) is 9.59 Å². The van der Waals surface area contributed by atoms with E-state index in [4.69, 9.17) is 20.4 Å². The molecular weight excluding hydrogens is 562 g/mol. The van der Waals surface area contributed by atoms with Crippen molar-refractivity contribution in [2.75, 3.05) is 11.5 Å². The van der Waals surface area contributed by atoms with E-state index in [2.05, 4.69) is 19.8 Å². The first-order valence-corrected chi connectivity index (χ1v) is 13.9. The van der Waals surface area contributed by atoms with Gasteiger partial charge in [0, 0.05) is 41.2 Å². The number of pyridine rings is 1. The van der Waals surface area contributed by atoms with Gasteiger partial charge in [-0.15, -0.1) is 11.8 Å². The Morgan fingerprint density at radius 1 is 1.32 bits per heavy atom. The van der Waals surface area contributed by atoms with Crippen molar-refractivity contribution in [3.63, 3.8) is 0 Å². The third-order valence-electron chi connectivity index (χ3n) is 5.56. The van der Waals surface area contributed by atoms with Crippen molar-refractivity contribution in [3.8, 4) is 0 Å². The summed E-state index contributed by atoms with van der Waals surface area (Å²) < 4.78 is 11.1. The van der Waals surface area contributed by atoms with Crippen LogP contribution in [0, 0.1) is 0 Å². The minimum Gasteiger partial charge on any atom is -0.478 e. The van der Waals surface area contributed by atoms with E-state index >= 15 is 0 Å². The van der Waals surface area contributed by atoms with Crippen LogP contribution in [0.2, 0.25) is 0 Å². The number of esters is 1. The molecule has 4 rings (SSSR count). The van der Waals surface area contributed by atoms with E-state index in [1.807, 2.05) is 4.57 Å². The highest BCUT2D eigenvalue weighted by Gasteiger charge is 2.50. The monoisotopic (exact) mass is 590 g/mol. The molecule has 2 aromatic heterocycles. The lowest BCUT2D eigenvalue weighted by Crippen LogP contribution is -2.69. The van der Waals surface area contributed by atoms with E-state index in [-0.39, 0.29) is 33.5 Å². The number of aromatic nitrogens is 3. The average Bonchev–Trinajstić information content (AvgIpc) is 3.32. The Morgan fingerprint density at radius 3 is 2.62 bits per heavy atom. The van der Waals surface area contributed by atoms with Gasteiger partial charge in [0.05, 0.1) is 5.56 Å². The molecule has 14 nitrogen and oxygen atoms in total. The molecule has 2 amide bonds. The number of ether oxygens (including phenoxy) is 1. The van der Waals surface area contributed by atoms with Crippen molar-refractivity contribution in [1.82, 2.24) is 19.6 Å². The quantitative estimate of drug-likeness (QED) is 0.121. The number of nitrogens with two attached hydrogens (primary N) is 1. The summed E-state index contributed by atoms with van der Waals surface area (Å²) in [4.78, 5) is 60.1. The lowest BCUT2D eigenvalue weighted by molar-refractivity contribution is -0.689. The van der Waals surface area contributed by atoms with Gasteiger partial charge in [-0.25, -0.2) is 14.2 Å². The fourth-order valence-corrected chi connectivity index (χ4v) is 5.36. The van der Waals surface area contributed by atoms with Crippen LogP contribution in [-0.4, -0.2) is 77.7 Å². The predicted octanol–water partition coefficient (Wildman–Crippen LogP) is 0.541. The number of rotatable bonds is 9. The van der Waals surface area contributed by atoms with Crippen molar-refractivity contribution in [3.05, 3.63) is 47.7 Å². The number of carbonyl (C=O) groups excluding carboxylic acids is 3. The molecular formula is C24H28N7O7S2+. The summed E-state index contributed by atoms with van der Waals surface area (Å²) in [6.07, 6.45) is 3.93. The number of nitrogen functional groups attached to an aromatic ring is 1. The van der Waals surface area contributed by atoms with Crippen molar-refractivity contribution < 1.29 is 38.4 Å². The zero-order valence-electron chi connectivity index (χ0n) is 22.1. The van der Waals surface area contributed by atoms with E-state index < -0.39 is 35.6 Å². The van der Waals surface area contributed by atoms with Gasteiger partial charge >= 0.3 is 11.9 Å². The molecule has 0 aliphatic carbocycles. The third kappa shape index (κ3) is 6.74. The standard InChI is InChI=1S/C24H27N7O7S2/c1-12(22(36)37-24(2,3)4)38-28-15(17-27-23(25)40-29-17)18(32)26-16-19(33)31-10-13(11-39-20(16)31)9-30-7-5-14(6-8-30)21(34)35/h5-8,10,12,16,20H,9,11H2,1-4H3,(H3-,25,26,27,29,32,34,35)/p+1/b28-15-/t12?,16?,20-/m1/s1. The second-order valence-electron chi connectivity index (χ2n) is 9.93. The molecule has 2 aliphatic heterocycles. The molecule has 212 valence electrons. The molecule has 0 radical (unpaired) electrons. The number of nitrogens with zero attached hydrogens (tertiary/aromatic N) is 5. The molecule has 1 saturated heterocycles. The highest BCUT2D eigenvalue weighted by Crippen LogP contribution is 2.36. The first kappa shape index (κ1) is 28.9. The fraction of sp³-hybridized carbons (Fsp3) is 0.417. The zero-order chi connectivity index (χ0) is 29.2. The highest BCUT2D eigenvalue weighted by molar-refractivity contribution is 8.00. The van der Waals surface area contributed by atoms with Crippen LogP contribution in [0.15, 0.2) is 41.5 Å². The van der Waals surface area contributed by atoms with E-state index in [9.17, 15) is 19.2 Å². The Bertz CT molecular complexity index is 1380. The van der Waals surface area contributed by atoms with E-state index in [0.717, 1.165) is 17.1 Å². The van der Waals surface area contributed by atoms with Crippen LogP contribution in [0.1, 0.15) is 43.9 Å². The molecule has 4 heterocycles. The van der Waals surface area contributed by atoms with Gasteiger partial charge in [-0.1, -0.05) is 5.16 Å². The first-order valence-electron chi connectivity index (χ1n) is 12.0. The number of hydrogen-bond acceptors (Lipinski definition) is 12. The summed E-state index contributed by atoms with van der Waals surface area (Å²) in [5.41, 5.74) is 5.72. The zero-order valence-corrected chi connectivity index (χ0v) is 23.7. The number of hydrogen-bond donors (Lipinski definition) is 3. The van der Waals surface area contributed by atoms with Gasteiger partial charge < -0.3 is 30.6 Å². The molecule has 0 aromatic carbocycles. The summed E-state index contributed by atoms with van der Waals surface area (Å²) in [5, 5.41) is 15.3. The van der Waals surface area contributed by atoms with E-state index in [1.54, 1.807) is 39.4 Å². The lowest BCUT2D eigenvalue weighted by atomic mass is 10.1. The van der Waals surface area contributed by atoms with Crippen LogP contribution in [0.4, 0.5) is 5.13 Å². The number of fused-ring (bicyclic) bond motifs is 1. The van der Waals surface area contributed by atoms with Gasteiger partial charge in [-0.2, -0.15) is 9.36 Å². The van der Waals surface area contributed by atoms with Gasteiger partial charge in [0.25, 0.3) is 11.8 Å². The Hall–Kier alpha value is -4.05. The van der Waals surface area contributed by atoms with Crippen LogP contribution in [0.3, 0.4) is 0 Å². The highest BCUT2D eigenvalue weighted by atomic mass is 32.2. The SMILES string of the molecule is CC(O/N=C(\C(=O)NC1C(=O)N2C=C(C[n+]3ccc(C(=O)O)cc3)CS[C@H]12)c1nsc(N)n1)C(=O)OC(C)(C)C. The van der Waals surface area contributed by atoms with Crippen molar-refractivity contribution in [1.29, 1.82) is 0 Å². The summed E-state index contributed by atoms with van der Waals surface area (Å²) in [6.45, 7) is 7.02. The summed E-state index contributed by atoms with van der Waals surface area (Å²) in [5.74, 6) is -2.28. The molecule has 0 saturated carbocycles. The largest absolute Gasteiger partial charge is 0.478 e. The number of carboxylic acid groups (broad SMARTS) is 1. The smallest absolute Gasteiger partial charge is 0.350 e. The summed E-state index contributed by atoms with van der Waals surface area (Å²) >= 11 is 2.32. The van der Waals surface area contributed by atoms with Crippen LogP contribution >= 0.6 is 23.3 Å². The number of carbonyl (C=O) groups is 4.